The second kappa shape index (κ2) is 4.98. The molecule has 0 saturated heterocycles. The van der Waals surface area contributed by atoms with E-state index in [-0.39, 0.29) is 5.57 Å². The van der Waals surface area contributed by atoms with Crippen LogP contribution < -0.4 is 0 Å². The smallest absolute Gasteiger partial charge is 0.336 e. The minimum atomic E-state index is -1.16. The van der Waals surface area contributed by atoms with Crippen LogP contribution in [0.4, 0.5) is 0 Å². The van der Waals surface area contributed by atoms with E-state index in [4.69, 9.17) is 0 Å². The van der Waals surface area contributed by atoms with Crippen LogP contribution in [0.15, 0.2) is 48.7 Å². The number of aromatic nitrogens is 1. The topological polar surface area (TPSA) is 59.4 Å². The van der Waals surface area contributed by atoms with Crippen LogP contribution in [0.25, 0.3) is 10.8 Å². The Kier molecular flexibility index (Phi) is 3.39. The van der Waals surface area contributed by atoms with Gasteiger partial charge in [-0.1, -0.05) is 30.8 Å². The molecule has 0 amide bonds. The van der Waals surface area contributed by atoms with Gasteiger partial charge in [-0.2, -0.15) is 0 Å². The second-order valence-electron chi connectivity index (χ2n) is 3.84. The summed E-state index contributed by atoms with van der Waals surface area (Å²) in [6.45, 7) is 3.54. The van der Waals surface area contributed by atoms with E-state index in [0.29, 0.717) is 5.69 Å². The summed E-state index contributed by atoms with van der Waals surface area (Å²) in [6.07, 6.45) is 0.425. The van der Waals surface area contributed by atoms with Crippen LogP contribution in [0.3, 0.4) is 0 Å². The molecule has 4 heteroatoms. The summed E-state index contributed by atoms with van der Waals surface area (Å²) in [5.74, 6) is -0.641. The quantitative estimate of drug-likeness (QED) is 0.661. The lowest BCUT2D eigenvalue weighted by molar-refractivity contribution is -0.137. The first-order valence-corrected chi connectivity index (χ1v) is 5.44. The van der Waals surface area contributed by atoms with Crippen LogP contribution in [0.5, 0.6) is 0 Å². The highest BCUT2D eigenvalue weighted by Gasteiger charge is 2.21. The Morgan fingerprint density at radius 1 is 1.39 bits per heavy atom. The van der Waals surface area contributed by atoms with Crippen LogP contribution in [-0.4, -0.2) is 23.2 Å². The summed E-state index contributed by atoms with van der Waals surface area (Å²) in [5, 5.41) is 11.9. The Labute approximate surface area is 105 Å². The van der Waals surface area contributed by atoms with Crippen LogP contribution in [0.1, 0.15) is 11.8 Å². The first kappa shape index (κ1) is 12.3. The monoisotopic (exact) mass is 243 g/mol. The van der Waals surface area contributed by atoms with Gasteiger partial charge in [0.1, 0.15) is 6.10 Å². The summed E-state index contributed by atoms with van der Waals surface area (Å²) in [5.41, 5.74) is 0.379. The molecule has 0 radical (unpaired) electrons. The Hall–Kier alpha value is -2.20. The van der Waals surface area contributed by atoms with Crippen molar-refractivity contribution in [2.45, 2.75) is 6.10 Å². The number of rotatable bonds is 3. The molecule has 1 aromatic heterocycles. The third-order valence-electron chi connectivity index (χ3n) is 2.74. The molecule has 4 nitrogen and oxygen atoms in total. The normalized spacial score (nSPS) is 12.1. The van der Waals surface area contributed by atoms with Gasteiger partial charge in [0.05, 0.1) is 18.4 Å². The van der Waals surface area contributed by atoms with E-state index in [9.17, 15) is 9.90 Å². The molecule has 18 heavy (non-hydrogen) atoms. The minimum absolute atomic E-state index is 0.0265. The number of carbonyl (C=O) groups is 1. The van der Waals surface area contributed by atoms with E-state index in [1.807, 2.05) is 30.3 Å². The fourth-order valence-corrected chi connectivity index (χ4v) is 1.77. The maximum atomic E-state index is 11.4. The van der Waals surface area contributed by atoms with Crippen LogP contribution in [0, 0.1) is 0 Å². The third kappa shape index (κ3) is 2.10. The Bertz CT molecular complexity index is 602. The number of aliphatic hydroxyl groups is 1. The van der Waals surface area contributed by atoms with Gasteiger partial charge in [0, 0.05) is 11.6 Å². The number of nitrogens with zero attached hydrogens (tertiary/aromatic N) is 1. The van der Waals surface area contributed by atoms with Gasteiger partial charge in [0.2, 0.25) is 0 Å². The van der Waals surface area contributed by atoms with Gasteiger partial charge in [0.15, 0.2) is 0 Å². The molecule has 0 saturated carbocycles. The van der Waals surface area contributed by atoms with Crippen molar-refractivity contribution in [1.29, 1.82) is 0 Å². The number of hydrogen-bond acceptors (Lipinski definition) is 4. The number of pyridine rings is 1. The fourth-order valence-electron chi connectivity index (χ4n) is 1.77. The third-order valence-corrected chi connectivity index (χ3v) is 2.74. The predicted octanol–water partition coefficient (Wildman–Crippen LogP) is 2.00. The van der Waals surface area contributed by atoms with E-state index in [0.717, 1.165) is 10.8 Å². The first-order chi connectivity index (χ1) is 8.65. The molecule has 2 aromatic rings. The lowest BCUT2D eigenvalue weighted by atomic mass is 10.0. The fraction of sp³-hybridized carbons (Fsp3) is 0.143. The molecular formula is C14H13NO3. The van der Waals surface area contributed by atoms with Gasteiger partial charge in [-0.25, -0.2) is 4.79 Å². The van der Waals surface area contributed by atoms with Gasteiger partial charge in [-0.05, 0) is 11.5 Å². The number of aliphatic hydroxyl groups excluding tert-OH is 1. The molecule has 1 N–H and O–H groups in total. The highest BCUT2D eigenvalue weighted by Crippen LogP contribution is 2.26. The molecule has 2 rings (SSSR count). The molecular weight excluding hydrogens is 230 g/mol. The molecule has 0 aliphatic heterocycles. The van der Waals surface area contributed by atoms with Crippen molar-refractivity contribution < 1.29 is 14.6 Å². The average Bonchev–Trinajstić information content (AvgIpc) is 2.44. The number of benzene rings is 1. The summed E-state index contributed by atoms with van der Waals surface area (Å²) in [7, 11) is 1.25. The maximum Gasteiger partial charge on any atom is 0.336 e. The molecule has 92 valence electrons. The SMILES string of the molecule is C=C(C(=O)OC)C(O)c1nccc2ccccc12. The minimum Gasteiger partial charge on any atom is -0.466 e. The lowest BCUT2D eigenvalue weighted by Gasteiger charge is -2.13. The summed E-state index contributed by atoms with van der Waals surface area (Å²) in [6, 6.07) is 9.33. The van der Waals surface area contributed by atoms with Crippen molar-refractivity contribution in [3.8, 4) is 0 Å². The number of esters is 1. The Morgan fingerprint density at radius 3 is 2.83 bits per heavy atom. The van der Waals surface area contributed by atoms with Crippen LogP contribution >= 0.6 is 0 Å². The molecule has 1 atom stereocenters. The van der Waals surface area contributed by atoms with E-state index < -0.39 is 12.1 Å². The molecule has 1 aromatic carbocycles. The van der Waals surface area contributed by atoms with E-state index in [1.165, 1.54) is 7.11 Å². The largest absolute Gasteiger partial charge is 0.466 e. The number of fused-ring (bicyclic) bond motifs is 1. The van der Waals surface area contributed by atoms with Crippen molar-refractivity contribution in [3.05, 3.63) is 54.4 Å². The maximum absolute atomic E-state index is 11.4. The van der Waals surface area contributed by atoms with Crippen LogP contribution in [-0.2, 0) is 9.53 Å². The summed E-state index contributed by atoms with van der Waals surface area (Å²) >= 11 is 0. The highest BCUT2D eigenvalue weighted by molar-refractivity contribution is 5.91. The zero-order valence-corrected chi connectivity index (χ0v) is 9.96. The van der Waals surface area contributed by atoms with Gasteiger partial charge in [0.25, 0.3) is 0 Å². The van der Waals surface area contributed by atoms with Crippen molar-refractivity contribution in [2.24, 2.45) is 0 Å². The first-order valence-electron chi connectivity index (χ1n) is 5.44. The molecule has 0 fully saturated rings. The van der Waals surface area contributed by atoms with Crippen LogP contribution in [0.2, 0.25) is 0 Å². The van der Waals surface area contributed by atoms with Crippen molar-refractivity contribution in [2.75, 3.05) is 7.11 Å². The zero-order valence-electron chi connectivity index (χ0n) is 9.96. The van der Waals surface area contributed by atoms with Gasteiger partial charge >= 0.3 is 5.97 Å². The standard InChI is InChI=1S/C14H13NO3/c1-9(14(17)18-2)13(16)12-11-6-4-3-5-10(11)7-8-15-12/h3-8,13,16H,1H2,2H3. The molecule has 0 bridgehead atoms. The Morgan fingerprint density at radius 2 is 2.11 bits per heavy atom. The molecule has 0 aliphatic carbocycles. The van der Waals surface area contributed by atoms with Crippen molar-refractivity contribution in [3.63, 3.8) is 0 Å². The molecule has 0 spiro atoms. The zero-order chi connectivity index (χ0) is 13.1. The molecule has 1 unspecified atom stereocenters. The lowest BCUT2D eigenvalue weighted by Crippen LogP contribution is -2.13. The highest BCUT2D eigenvalue weighted by atomic mass is 16.5. The molecule has 0 aliphatic rings. The second-order valence-corrected chi connectivity index (χ2v) is 3.84. The number of hydrogen-bond donors (Lipinski definition) is 1. The van der Waals surface area contributed by atoms with Gasteiger partial charge < -0.3 is 9.84 Å². The number of methoxy groups -OCH3 is 1. The summed E-state index contributed by atoms with van der Waals surface area (Å²) < 4.78 is 4.54. The number of ether oxygens (including phenoxy) is 1. The Balaban J connectivity index is 2.48. The van der Waals surface area contributed by atoms with Crippen molar-refractivity contribution >= 4 is 16.7 Å². The predicted molar refractivity (Wildman–Crippen MR) is 67.9 cm³/mol. The van der Waals surface area contributed by atoms with Crippen molar-refractivity contribution in [1.82, 2.24) is 4.98 Å². The van der Waals surface area contributed by atoms with E-state index >= 15 is 0 Å². The average molecular weight is 243 g/mol. The number of carbonyl (C=O) groups excluding carboxylic acids is 1. The van der Waals surface area contributed by atoms with E-state index in [2.05, 4.69) is 16.3 Å². The molecule has 1 heterocycles. The van der Waals surface area contributed by atoms with E-state index in [1.54, 1.807) is 6.20 Å². The van der Waals surface area contributed by atoms with Gasteiger partial charge in [-0.15, -0.1) is 0 Å². The van der Waals surface area contributed by atoms with Gasteiger partial charge in [-0.3, -0.25) is 4.98 Å². The summed E-state index contributed by atoms with van der Waals surface area (Å²) in [4.78, 5) is 15.5.